The molecule has 122 valence electrons. The Kier molecular flexibility index (Phi) is 6.21. The van der Waals surface area contributed by atoms with E-state index in [1.54, 1.807) is 11.8 Å². The molecule has 0 aliphatic carbocycles. The van der Waals surface area contributed by atoms with Crippen LogP contribution in [0.1, 0.15) is 31.7 Å². The molecule has 5 nitrogen and oxygen atoms in total. The van der Waals surface area contributed by atoms with Crippen LogP contribution >= 0.6 is 0 Å². The summed E-state index contributed by atoms with van der Waals surface area (Å²) in [7, 11) is 0. The first kappa shape index (κ1) is 16.8. The van der Waals surface area contributed by atoms with Gasteiger partial charge in [0.15, 0.2) is 0 Å². The number of aryl methyl sites for hydroxylation is 1. The minimum Gasteiger partial charge on any atom is -0.491 e. The van der Waals surface area contributed by atoms with Gasteiger partial charge in [-0.25, -0.2) is 0 Å². The monoisotopic (exact) mass is 307 g/mol. The van der Waals surface area contributed by atoms with Crippen molar-refractivity contribution in [2.24, 2.45) is 0 Å². The lowest BCUT2D eigenvalue weighted by Gasteiger charge is -2.24. The summed E-state index contributed by atoms with van der Waals surface area (Å²) in [4.78, 5) is 13.4. The first-order valence-electron chi connectivity index (χ1n) is 7.90. The predicted molar refractivity (Wildman–Crippen MR) is 83.8 cm³/mol. The van der Waals surface area contributed by atoms with Gasteiger partial charge in [0.05, 0.1) is 6.10 Å². The molecule has 1 heterocycles. The number of rotatable bonds is 0. The van der Waals surface area contributed by atoms with Crippen molar-refractivity contribution >= 4 is 5.91 Å². The Morgan fingerprint density at radius 2 is 1.95 bits per heavy atom. The summed E-state index contributed by atoms with van der Waals surface area (Å²) in [5.74, 6) is 0.768. The van der Waals surface area contributed by atoms with E-state index in [-0.39, 0.29) is 12.5 Å². The Morgan fingerprint density at radius 1 is 1.18 bits per heavy atom. The number of ether oxygens (including phenoxy) is 1. The van der Waals surface area contributed by atoms with E-state index in [9.17, 15) is 15.0 Å². The number of aliphatic hydroxyl groups is 2. The van der Waals surface area contributed by atoms with Gasteiger partial charge >= 0.3 is 0 Å². The Labute approximate surface area is 131 Å². The number of hydrogen-bond donors (Lipinski definition) is 2. The summed E-state index contributed by atoms with van der Waals surface area (Å²) in [6, 6.07) is 7.76. The van der Waals surface area contributed by atoms with Crippen molar-refractivity contribution in [3.63, 3.8) is 0 Å². The molecule has 5 heteroatoms. The summed E-state index contributed by atoms with van der Waals surface area (Å²) in [5, 5.41) is 20.0. The zero-order valence-electron chi connectivity index (χ0n) is 13.1. The smallest absolute Gasteiger partial charge is 0.219 e. The molecule has 0 fully saturated rings. The standard InChI is InChI=1S/C17H25NO4/c1-13(19)18-10-5-4-7-14-6-2-3-8-17(14)22-12-16(21)15(20)9-11-18/h2-3,6,8,15-16,20-21H,4-5,7,9-12H2,1H3/t15-,16+/m0/s1. The fraction of sp³-hybridized carbons (Fsp3) is 0.588. The van der Waals surface area contributed by atoms with Gasteiger partial charge in [0.1, 0.15) is 18.5 Å². The van der Waals surface area contributed by atoms with Gasteiger partial charge in [0.2, 0.25) is 5.91 Å². The van der Waals surface area contributed by atoms with Crippen LogP contribution in [0.4, 0.5) is 0 Å². The van der Waals surface area contributed by atoms with Crippen LogP contribution in [0, 0.1) is 0 Å². The summed E-state index contributed by atoms with van der Waals surface area (Å²) in [6.07, 6.45) is 1.26. The number of fused-ring (bicyclic) bond motifs is 1. The number of carbonyl (C=O) groups excluding carboxylic acids is 1. The molecule has 1 aliphatic heterocycles. The number of aliphatic hydroxyl groups excluding tert-OH is 2. The quantitative estimate of drug-likeness (QED) is 0.759. The van der Waals surface area contributed by atoms with Crippen LogP contribution in [0.3, 0.4) is 0 Å². The van der Waals surface area contributed by atoms with Gasteiger partial charge in [-0.15, -0.1) is 0 Å². The number of nitrogens with zero attached hydrogens (tertiary/aromatic N) is 1. The lowest BCUT2D eigenvalue weighted by molar-refractivity contribution is -0.129. The molecule has 1 amide bonds. The van der Waals surface area contributed by atoms with Crippen molar-refractivity contribution in [1.82, 2.24) is 4.90 Å². The summed E-state index contributed by atoms with van der Waals surface area (Å²) in [5.41, 5.74) is 1.10. The van der Waals surface area contributed by atoms with Gasteiger partial charge in [0, 0.05) is 20.0 Å². The van der Waals surface area contributed by atoms with Crippen molar-refractivity contribution < 1.29 is 19.7 Å². The van der Waals surface area contributed by atoms with Gasteiger partial charge in [-0.05, 0) is 37.3 Å². The fourth-order valence-electron chi connectivity index (χ4n) is 2.66. The molecule has 2 N–H and O–H groups in total. The minimum atomic E-state index is -0.956. The van der Waals surface area contributed by atoms with Gasteiger partial charge < -0.3 is 19.8 Å². The number of amides is 1. The van der Waals surface area contributed by atoms with Gasteiger partial charge in [0.25, 0.3) is 0 Å². The Morgan fingerprint density at radius 3 is 2.73 bits per heavy atom. The van der Waals surface area contributed by atoms with Gasteiger partial charge in [-0.2, -0.15) is 0 Å². The van der Waals surface area contributed by atoms with E-state index >= 15 is 0 Å². The molecule has 0 saturated heterocycles. The Hall–Kier alpha value is -1.59. The molecule has 1 aliphatic rings. The zero-order valence-corrected chi connectivity index (χ0v) is 13.1. The Bertz CT molecular complexity index is 491. The first-order valence-corrected chi connectivity index (χ1v) is 7.90. The molecule has 0 saturated carbocycles. The van der Waals surface area contributed by atoms with Gasteiger partial charge in [-0.1, -0.05) is 18.2 Å². The third kappa shape index (κ3) is 4.71. The van der Waals surface area contributed by atoms with Crippen LogP contribution in [-0.4, -0.2) is 52.9 Å². The lowest BCUT2D eigenvalue weighted by Crippen LogP contribution is -2.37. The van der Waals surface area contributed by atoms with Crippen molar-refractivity contribution in [3.05, 3.63) is 29.8 Å². The molecular formula is C17H25NO4. The van der Waals surface area contributed by atoms with Crippen LogP contribution in [0.5, 0.6) is 5.75 Å². The molecule has 1 aromatic carbocycles. The average Bonchev–Trinajstić information content (AvgIpc) is 2.52. The van der Waals surface area contributed by atoms with Crippen LogP contribution in [0.25, 0.3) is 0 Å². The van der Waals surface area contributed by atoms with Crippen molar-refractivity contribution in [2.45, 2.75) is 44.8 Å². The van der Waals surface area contributed by atoms with E-state index in [2.05, 4.69) is 0 Å². The first-order chi connectivity index (χ1) is 10.6. The molecular weight excluding hydrogens is 282 g/mol. The maximum absolute atomic E-state index is 11.6. The molecule has 22 heavy (non-hydrogen) atoms. The molecule has 2 rings (SSSR count). The van der Waals surface area contributed by atoms with Crippen molar-refractivity contribution in [3.8, 4) is 5.75 Å². The third-order valence-electron chi connectivity index (χ3n) is 4.09. The van der Waals surface area contributed by atoms with E-state index in [0.717, 1.165) is 30.6 Å². The second kappa shape index (κ2) is 8.15. The van der Waals surface area contributed by atoms with Crippen LogP contribution < -0.4 is 4.74 Å². The summed E-state index contributed by atoms with van der Waals surface area (Å²) < 4.78 is 5.67. The van der Waals surface area contributed by atoms with Gasteiger partial charge in [-0.3, -0.25) is 4.79 Å². The zero-order chi connectivity index (χ0) is 15.9. The van der Waals surface area contributed by atoms with E-state index in [0.29, 0.717) is 19.5 Å². The third-order valence-corrected chi connectivity index (χ3v) is 4.09. The highest BCUT2D eigenvalue weighted by Crippen LogP contribution is 2.21. The van der Waals surface area contributed by atoms with Crippen molar-refractivity contribution in [2.75, 3.05) is 19.7 Å². The topological polar surface area (TPSA) is 70.0 Å². The summed E-state index contributed by atoms with van der Waals surface area (Å²) >= 11 is 0. The van der Waals surface area contributed by atoms with Crippen LogP contribution in [0.2, 0.25) is 0 Å². The summed E-state index contributed by atoms with van der Waals surface area (Å²) in [6.45, 7) is 2.74. The second-order valence-corrected chi connectivity index (χ2v) is 5.81. The number of carbonyl (C=O) groups is 1. The van der Waals surface area contributed by atoms with E-state index in [1.165, 1.54) is 0 Å². The lowest BCUT2D eigenvalue weighted by atomic mass is 10.1. The molecule has 1 aromatic rings. The molecule has 2 atom stereocenters. The minimum absolute atomic E-state index is 0.00760. The molecule has 0 radical (unpaired) electrons. The van der Waals surface area contributed by atoms with E-state index in [4.69, 9.17) is 4.74 Å². The van der Waals surface area contributed by atoms with Crippen LogP contribution in [0.15, 0.2) is 24.3 Å². The number of benzene rings is 1. The van der Waals surface area contributed by atoms with Crippen LogP contribution in [-0.2, 0) is 11.2 Å². The Balaban J connectivity index is 2.10. The average molecular weight is 307 g/mol. The number of para-hydroxylation sites is 1. The maximum atomic E-state index is 11.6. The van der Waals surface area contributed by atoms with E-state index < -0.39 is 12.2 Å². The SMILES string of the molecule is CC(=O)N1CCCCc2ccccc2OC[C@@H](O)[C@@H](O)CC1. The largest absolute Gasteiger partial charge is 0.491 e. The highest BCUT2D eigenvalue weighted by Gasteiger charge is 2.20. The number of hydrogen-bond acceptors (Lipinski definition) is 4. The highest BCUT2D eigenvalue weighted by atomic mass is 16.5. The normalized spacial score (nSPS) is 24.2. The molecule has 0 aromatic heterocycles. The molecule has 0 bridgehead atoms. The molecule has 0 unspecified atom stereocenters. The second-order valence-electron chi connectivity index (χ2n) is 5.81. The predicted octanol–water partition coefficient (Wildman–Crippen LogP) is 1.36. The van der Waals surface area contributed by atoms with Crippen molar-refractivity contribution in [1.29, 1.82) is 0 Å². The highest BCUT2D eigenvalue weighted by molar-refractivity contribution is 5.73. The van der Waals surface area contributed by atoms with E-state index in [1.807, 2.05) is 24.3 Å². The fourth-order valence-corrected chi connectivity index (χ4v) is 2.66. The molecule has 0 spiro atoms. The maximum Gasteiger partial charge on any atom is 0.219 e.